The van der Waals surface area contributed by atoms with Gasteiger partial charge in [-0.25, -0.2) is 0 Å². The molecule has 138 valence electrons. The molecule has 1 N–H and O–H groups in total. The third kappa shape index (κ3) is 3.58. The molecule has 0 bridgehead atoms. The van der Waals surface area contributed by atoms with Crippen molar-refractivity contribution in [3.8, 4) is 0 Å². The van der Waals surface area contributed by atoms with E-state index >= 15 is 0 Å². The van der Waals surface area contributed by atoms with E-state index < -0.39 is 5.97 Å². The summed E-state index contributed by atoms with van der Waals surface area (Å²) in [6.45, 7) is 3.70. The number of hydrogen-bond acceptors (Lipinski definition) is 3. The first kappa shape index (κ1) is 17.7. The van der Waals surface area contributed by atoms with E-state index in [0.717, 1.165) is 29.6 Å². The second kappa shape index (κ2) is 7.49. The summed E-state index contributed by atoms with van der Waals surface area (Å²) in [5, 5.41) is 10.5. The normalized spacial score (nSPS) is 17.1. The smallest absolute Gasteiger partial charge is 0.306 e. The highest BCUT2D eigenvalue weighted by molar-refractivity contribution is 5.79. The Kier molecular flexibility index (Phi) is 4.90. The van der Waals surface area contributed by atoms with Gasteiger partial charge in [0, 0.05) is 11.6 Å². The second-order valence-corrected chi connectivity index (χ2v) is 7.37. The molecule has 0 aliphatic carbocycles. The molecule has 4 nitrogen and oxygen atoms in total. The number of pyridine rings is 1. The average Bonchev–Trinajstić information content (AvgIpc) is 2.70. The Labute approximate surface area is 159 Å². The van der Waals surface area contributed by atoms with Gasteiger partial charge in [0.1, 0.15) is 0 Å². The number of carboxylic acid groups (broad SMARTS) is 1. The number of carbonyl (C=O) groups is 1. The van der Waals surface area contributed by atoms with Crippen LogP contribution in [0.1, 0.15) is 35.6 Å². The van der Waals surface area contributed by atoms with Crippen molar-refractivity contribution >= 4 is 16.9 Å². The number of para-hydroxylation sites is 1. The molecule has 27 heavy (non-hydrogen) atoms. The maximum Gasteiger partial charge on any atom is 0.306 e. The Morgan fingerprint density at radius 2 is 1.81 bits per heavy atom. The largest absolute Gasteiger partial charge is 0.481 e. The lowest BCUT2D eigenvalue weighted by molar-refractivity contribution is -0.143. The van der Waals surface area contributed by atoms with E-state index in [2.05, 4.69) is 53.2 Å². The van der Waals surface area contributed by atoms with Crippen LogP contribution in [-0.4, -0.2) is 34.0 Å². The zero-order valence-corrected chi connectivity index (χ0v) is 15.5. The zero-order valence-electron chi connectivity index (χ0n) is 15.5. The van der Waals surface area contributed by atoms with Gasteiger partial charge in [-0.15, -0.1) is 0 Å². The fraction of sp³-hybridized carbons (Fsp3) is 0.304. The molecule has 1 atom stereocenters. The van der Waals surface area contributed by atoms with E-state index in [4.69, 9.17) is 0 Å². The molecule has 3 aromatic rings. The van der Waals surface area contributed by atoms with Crippen molar-refractivity contribution in [2.45, 2.75) is 25.8 Å². The maximum absolute atomic E-state index is 11.3. The molecular formula is C23H24N2O2. The molecule has 1 aliphatic heterocycles. The Balaban J connectivity index is 1.74. The van der Waals surface area contributed by atoms with Crippen LogP contribution in [-0.2, 0) is 4.79 Å². The minimum atomic E-state index is -0.672. The molecule has 1 aliphatic rings. The third-order valence-corrected chi connectivity index (χ3v) is 5.65. The fourth-order valence-electron chi connectivity index (χ4n) is 4.12. The van der Waals surface area contributed by atoms with Crippen LogP contribution in [0.4, 0.5) is 0 Å². The molecule has 0 amide bonds. The quantitative estimate of drug-likeness (QED) is 0.748. The van der Waals surface area contributed by atoms with E-state index in [9.17, 15) is 9.90 Å². The Morgan fingerprint density at radius 1 is 1.11 bits per heavy atom. The number of rotatable bonds is 4. The summed E-state index contributed by atoms with van der Waals surface area (Å²) in [7, 11) is 0. The van der Waals surface area contributed by atoms with Crippen LogP contribution >= 0.6 is 0 Å². The summed E-state index contributed by atoms with van der Waals surface area (Å²) in [4.78, 5) is 18.4. The SMILES string of the molecule is Cc1ccccc1C(c1cnc2ccccc2c1)N1CCC(C(=O)O)CC1. The molecule has 0 radical (unpaired) electrons. The molecule has 0 spiro atoms. The minimum Gasteiger partial charge on any atom is -0.481 e. The van der Waals surface area contributed by atoms with Crippen LogP contribution < -0.4 is 0 Å². The topological polar surface area (TPSA) is 53.4 Å². The number of likely N-dealkylation sites (tertiary alicyclic amines) is 1. The van der Waals surface area contributed by atoms with Gasteiger partial charge in [-0.1, -0.05) is 42.5 Å². The van der Waals surface area contributed by atoms with E-state index in [1.165, 1.54) is 11.1 Å². The van der Waals surface area contributed by atoms with Gasteiger partial charge in [-0.3, -0.25) is 14.7 Å². The average molecular weight is 360 g/mol. The number of aromatic nitrogens is 1. The highest BCUT2D eigenvalue weighted by Gasteiger charge is 2.31. The Hall–Kier alpha value is -2.72. The van der Waals surface area contributed by atoms with Crippen molar-refractivity contribution in [2.75, 3.05) is 13.1 Å². The van der Waals surface area contributed by atoms with Crippen molar-refractivity contribution < 1.29 is 9.90 Å². The lowest BCUT2D eigenvalue weighted by Crippen LogP contribution is -2.39. The molecular weight excluding hydrogens is 336 g/mol. The first-order valence-electron chi connectivity index (χ1n) is 9.50. The molecule has 4 heteroatoms. The molecule has 2 heterocycles. The summed E-state index contributed by atoms with van der Waals surface area (Å²) in [6.07, 6.45) is 3.36. The van der Waals surface area contributed by atoms with Crippen LogP contribution in [0.25, 0.3) is 10.9 Å². The molecule has 0 saturated carbocycles. The van der Waals surface area contributed by atoms with Crippen molar-refractivity contribution in [1.29, 1.82) is 0 Å². The number of piperidine rings is 1. The standard InChI is InChI=1S/C23H24N2O2/c1-16-6-2-4-8-20(16)22(25-12-10-17(11-13-25)23(26)27)19-14-18-7-3-5-9-21(18)24-15-19/h2-9,14-15,17,22H,10-13H2,1H3,(H,26,27). The van der Waals surface area contributed by atoms with E-state index in [1.807, 2.05) is 24.4 Å². The molecule has 1 unspecified atom stereocenters. The van der Waals surface area contributed by atoms with Gasteiger partial charge in [0.05, 0.1) is 17.5 Å². The first-order valence-corrected chi connectivity index (χ1v) is 9.50. The number of aliphatic carboxylic acids is 1. The van der Waals surface area contributed by atoms with Crippen LogP contribution in [0.2, 0.25) is 0 Å². The van der Waals surface area contributed by atoms with Gasteiger partial charge >= 0.3 is 5.97 Å². The van der Waals surface area contributed by atoms with Crippen LogP contribution in [0, 0.1) is 12.8 Å². The highest BCUT2D eigenvalue weighted by atomic mass is 16.4. The predicted octanol–water partition coefficient (Wildman–Crippen LogP) is 4.43. The maximum atomic E-state index is 11.3. The van der Waals surface area contributed by atoms with Crippen LogP contribution in [0.15, 0.2) is 60.8 Å². The van der Waals surface area contributed by atoms with E-state index in [-0.39, 0.29) is 12.0 Å². The lowest BCUT2D eigenvalue weighted by Gasteiger charge is -2.37. The number of aryl methyl sites for hydroxylation is 1. The van der Waals surface area contributed by atoms with Gasteiger partial charge in [-0.2, -0.15) is 0 Å². The number of hydrogen-bond donors (Lipinski definition) is 1. The predicted molar refractivity (Wildman–Crippen MR) is 107 cm³/mol. The highest BCUT2D eigenvalue weighted by Crippen LogP contribution is 2.34. The molecule has 1 aromatic heterocycles. The molecule has 2 aromatic carbocycles. The fourth-order valence-corrected chi connectivity index (χ4v) is 4.12. The molecule has 4 rings (SSSR count). The molecule has 1 fully saturated rings. The number of carboxylic acids is 1. The van der Waals surface area contributed by atoms with Crippen molar-refractivity contribution in [2.24, 2.45) is 5.92 Å². The summed E-state index contributed by atoms with van der Waals surface area (Å²) in [6, 6.07) is 18.9. The molecule has 1 saturated heterocycles. The van der Waals surface area contributed by atoms with Crippen molar-refractivity contribution in [3.63, 3.8) is 0 Å². The number of benzene rings is 2. The van der Waals surface area contributed by atoms with E-state index in [1.54, 1.807) is 0 Å². The van der Waals surface area contributed by atoms with Crippen molar-refractivity contribution in [3.05, 3.63) is 77.5 Å². The van der Waals surface area contributed by atoms with Gasteiger partial charge in [-0.05, 0) is 61.7 Å². The summed E-state index contributed by atoms with van der Waals surface area (Å²) >= 11 is 0. The van der Waals surface area contributed by atoms with Gasteiger partial charge < -0.3 is 5.11 Å². The third-order valence-electron chi connectivity index (χ3n) is 5.65. The Bertz CT molecular complexity index is 961. The Morgan fingerprint density at radius 3 is 2.56 bits per heavy atom. The van der Waals surface area contributed by atoms with Gasteiger partial charge in [0.25, 0.3) is 0 Å². The first-order chi connectivity index (χ1) is 13.1. The van der Waals surface area contributed by atoms with Crippen LogP contribution in [0.5, 0.6) is 0 Å². The number of nitrogens with zero attached hydrogens (tertiary/aromatic N) is 2. The summed E-state index contributed by atoms with van der Waals surface area (Å²) in [5.74, 6) is -0.900. The number of fused-ring (bicyclic) bond motifs is 1. The van der Waals surface area contributed by atoms with Crippen LogP contribution in [0.3, 0.4) is 0 Å². The minimum absolute atomic E-state index is 0.0954. The monoisotopic (exact) mass is 360 g/mol. The van der Waals surface area contributed by atoms with E-state index in [0.29, 0.717) is 12.8 Å². The summed E-state index contributed by atoms with van der Waals surface area (Å²) < 4.78 is 0. The zero-order chi connectivity index (χ0) is 18.8. The second-order valence-electron chi connectivity index (χ2n) is 7.37. The van der Waals surface area contributed by atoms with Gasteiger partial charge in [0.15, 0.2) is 0 Å². The van der Waals surface area contributed by atoms with Crippen molar-refractivity contribution in [1.82, 2.24) is 9.88 Å². The lowest BCUT2D eigenvalue weighted by atomic mass is 9.90. The summed E-state index contributed by atoms with van der Waals surface area (Å²) in [5.41, 5.74) is 4.67. The van der Waals surface area contributed by atoms with Gasteiger partial charge in [0.2, 0.25) is 0 Å².